The van der Waals surface area contributed by atoms with E-state index in [9.17, 15) is 0 Å². The molecule has 1 heterocycles. The lowest BCUT2D eigenvalue weighted by Crippen LogP contribution is -2.42. The monoisotopic (exact) mass is 208 g/mol. The van der Waals surface area contributed by atoms with E-state index in [1.165, 1.54) is 30.6 Å². The molecule has 0 N–H and O–H groups in total. The van der Waals surface area contributed by atoms with Crippen molar-refractivity contribution in [2.24, 2.45) is 0 Å². The Labute approximate surface area is 90.7 Å². The zero-order valence-corrected chi connectivity index (χ0v) is 9.81. The maximum absolute atomic E-state index is 2.43. The molecule has 14 heavy (non-hydrogen) atoms. The second-order valence-electron chi connectivity index (χ2n) is 4.27. The van der Waals surface area contributed by atoms with Gasteiger partial charge in [-0.3, -0.25) is 4.90 Å². The molecule has 1 nitrogen and oxygen atoms in total. The zero-order valence-electron chi connectivity index (χ0n) is 8.99. The van der Waals surface area contributed by atoms with Gasteiger partial charge in [-0.15, -0.1) is 11.3 Å². The average molecular weight is 208 g/mol. The Bertz CT molecular complexity index is 271. The van der Waals surface area contributed by atoms with Crippen molar-refractivity contribution in [3.63, 3.8) is 0 Å². The van der Waals surface area contributed by atoms with Gasteiger partial charge in [0.05, 0.1) is 5.54 Å². The van der Waals surface area contributed by atoms with Crippen molar-refractivity contribution in [3.8, 4) is 0 Å². The Morgan fingerprint density at radius 3 is 2.50 bits per heavy atom. The molecule has 1 saturated carbocycles. The van der Waals surface area contributed by atoms with Crippen molar-refractivity contribution in [2.75, 3.05) is 14.1 Å². The van der Waals surface area contributed by atoms with E-state index in [4.69, 9.17) is 0 Å². The minimum atomic E-state index is 0.322. The second kappa shape index (κ2) is 4.03. The molecule has 0 atom stereocenters. The molecule has 0 spiro atoms. The fourth-order valence-corrected chi connectivity index (χ4v) is 3.48. The minimum Gasteiger partial charge on any atom is -0.299 e. The molecule has 0 unspecified atom stereocenters. The molecule has 0 bridgehead atoms. The Morgan fingerprint density at radius 2 is 2.00 bits per heavy atom. The first kappa shape index (κ1) is 10.2. The van der Waals surface area contributed by atoms with Crippen molar-refractivity contribution >= 4 is 11.3 Å². The van der Waals surface area contributed by atoms with Gasteiger partial charge in [-0.25, -0.2) is 0 Å². The predicted molar refractivity (Wildman–Crippen MR) is 62.5 cm³/mol. The summed E-state index contributed by atoms with van der Waals surface area (Å²) < 4.78 is 0. The SMILES string of the molecule is CN(C)C1(c2cccs2)CC[CH]CC1. The number of hydrogen-bond acceptors (Lipinski definition) is 2. The molecule has 0 aliphatic heterocycles. The van der Waals surface area contributed by atoms with Crippen molar-refractivity contribution in [2.45, 2.75) is 31.2 Å². The van der Waals surface area contributed by atoms with Crippen molar-refractivity contribution < 1.29 is 0 Å². The summed E-state index contributed by atoms with van der Waals surface area (Å²) in [6, 6.07) is 4.46. The zero-order chi connectivity index (χ0) is 10.0. The third kappa shape index (κ3) is 1.61. The molecule has 0 saturated heterocycles. The molecule has 2 heteroatoms. The van der Waals surface area contributed by atoms with Crippen molar-refractivity contribution in [3.05, 3.63) is 28.8 Å². The van der Waals surface area contributed by atoms with Gasteiger partial charge in [-0.2, -0.15) is 0 Å². The number of rotatable bonds is 2. The van der Waals surface area contributed by atoms with E-state index in [0.717, 1.165) is 0 Å². The van der Waals surface area contributed by atoms with Gasteiger partial charge in [0.15, 0.2) is 0 Å². The normalized spacial score (nSPS) is 21.4. The van der Waals surface area contributed by atoms with E-state index in [0.29, 0.717) is 5.54 Å². The molecule has 1 aromatic rings. The summed E-state index contributed by atoms with van der Waals surface area (Å²) in [6.07, 6.45) is 7.50. The Hall–Kier alpha value is -0.340. The Balaban J connectivity index is 2.30. The Morgan fingerprint density at radius 1 is 1.29 bits per heavy atom. The third-order valence-electron chi connectivity index (χ3n) is 3.36. The second-order valence-corrected chi connectivity index (χ2v) is 5.22. The molecule has 1 aliphatic carbocycles. The van der Waals surface area contributed by atoms with Crippen LogP contribution in [-0.2, 0) is 5.54 Å². The number of hydrogen-bond donors (Lipinski definition) is 0. The maximum Gasteiger partial charge on any atom is 0.0548 e. The van der Waals surface area contributed by atoms with E-state index >= 15 is 0 Å². The van der Waals surface area contributed by atoms with Gasteiger partial charge in [0.25, 0.3) is 0 Å². The van der Waals surface area contributed by atoms with Crippen LogP contribution in [0.15, 0.2) is 17.5 Å². The van der Waals surface area contributed by atoms with Crippen LogP contribution >= 0.6 is 11.3 Å². The van der Waals surface area contributed by atoms with Gasteiger partial charge in [0, 0.05) is 4.88 Å². The highest BCUT2D eigenvalue weighted by Gasteiger charge is 2.36. The number of nitrogens with zero attached hydrogens (tertiary/aromatic N) is 1. The van der Waals surface area contributed by atoms with Crippen LogP contribution in [0.3, 0.4) is 0 Å². The highest BCUT2D eigenvalue weighted by atomic mass is 32.1. The van der Waals surface area contributed by atoms with Crippen LogP contribution in [-0.4, -0.2) is 19.0 Å². The van der Waals surface area contributed by atoms with Gasteiger partial charge in [0.2, 0.25) is 0 Å². The maximum atomic E-state index is 2.43. The highest BCUT2D eigenvalue weighted by molar-refractivity contribution is 7.10. The summed E-state index contributed by atoms with van der Waals surface area (Å²) in [5.74, 6) is 0. The molecule has 1 aromatic heterocycles. The molecule has 0 amide bonds. The fraction of sp³-hybridized carbons (Fsp3) is 0.583. The summed E-state index contributed by atoms with van der Waals surface area (Å²) in [4.78, 5) is 3.95. The fourth-order valence-electron chi connectivity index (χ4n) is 2.41. The lowest BCUT2D eigenvalue weighted by Gasteiger charge is -2.42. The van der Waals surface area contributed by atoms with Gasteiger partial charge < -0.3 is 0 Å². The molecular weight excluding hydrogens is 190 g/mol. The molecule has 77 valence electrons. The van der Waals surface area contributed by atoms with Crippen LogP contribution in [0.4, 0.5) is 0 Å². The first-order valence-corrected chi connectivity index (χ1v) is 6.17. The van der Waals surface area contributed by atoms with Crippen molar-refractivity contribution in [1.82, 2.24) is 4.90 Å². The summed E-state index contributed by atoms with van der Waals surface area (Å²) in [6.45, 7) is 0. The first-order chi connectivity index (χ1) is 6.76. The van der Waals surface area contributed by atoms with Crippen LogP contribution in [0.5, 0.6) is 0 Å². The van der Waals surface area contributed by atoms with Crippen LogP contribution in [0.1, 0.15) is 30.6 Å². The van der Waals surface area contributed by atoms with Gasteiger partial charge in [0.1, 0.15) is 0 Å². The van der Waals surface area contributed by atoms with E-state index < -0.39 is 0 Å². The summed E-state index contributed by atoms with van der Waals surface area (Å²) in [7, 11) is 4.43. The predicted octanol–water partition coefficient (Wildman–Crippen LogP) is 3.28. The van der Waals surface area contributed by atoms with Crippen molar-refractivity contribution in [1.29, 1.82) is 0 Å². The molecule has 1 fully saturated rings. The van der Waals surface area contributed by atoms with Gasteiger partial charge in [-0.1, -0.05) is 6.07 Å². The van der Waals surface area contributed by atoms with Crippen LogP contribution in [0.25, 0.3) is 0 Å². The van der Waals surface area contributed by atoms with Gasteiger partial charge in [-0.05, 0) is 57.6 Å². The smallest absolute Gasteiger partial charge is 0.0548 e. The molecular formula is C12H18NS. The minimum absolute atomic E-state index is 0.322. The standard InChI is InChI=1S/C12H18NS/c1-13(2)12(8-4-3-5-9-12)11-7-6-10-14-11/h3,6-7,10H,4-5,8-9H2,1-2H3. The van der Waals surface area contributed by atoms with Crippen LogP contribution in [0, 0.1) is 6.42 Å². The molecule has 1 radical (unpaired) electrons. The van der Waals surface area contributed by atoms with E-state index in [1.807, 2.05) is 11.3 Å². The van der Waals surface area contributed by atoms with E-state index in [-0.39, 0.29) is 0 Å². The molecule has 1 aliphatic rings. The van der Waals surface area contributed by atoms with Gasteiger partial charge >= 0.3 is 0 Å². The topological polar surface area (TPSA) is 3.24 Å². The summed E-state index contributed by atoms with van der Waals surface area (Å²) in [5, 5.41) is 2.19. The highest BCUT2D eigenvalue weighted by Crippen LogP contribution is 2.42. The third-order valence-corrected chi connectivity index (χ3v) is 4.42. The van der Waals surface area contributed by atoms with E-state index in [2.05, 4.69) is 42.9 Å². The lowest BCUT2D eigenvalue weighted by molar-refractivity contribution is 0.116. The number of thiophene rings is 1. The summed E-state index contributed by atoms with van der Waals surface area (Å²) >= 11 is 1.90. The van der Waals surface area contributed by atoms with Crippen LogP contribution < -0.4 is 0 Å². The van der Waals surface area contributed by atoms with Crippen LogP contribution in [0.2, 0.25) is 0 Å². The Kier molecular flexibility index (Phi) is 2.93. The van der Waals surface area contributed by atoms with E-state index in [1.54, 1.807) is 0 Å². The largest absolute Gasteiger partial charge is 0.299 e. The first-order valence-electron chi connectivity index (χ1n) is 5.29. The lowest BCUT2D eigenvalue weighted by atomic mass is 9.79. The molecule has 2 rings (SSSR count). The molecule has 0 aromatic carbocycles. The quantitative estimate of drug-likeness (QED) is 0.721. The average Bonchev–Trinajstić information content (AvgIpc) is 2.72. The summed E-state index contributed by atoms with van der Waals surface area (Å²) in [5.41, 5.74) is 0.322.